The van der Waals surface area contributed by atoms with E-state index in [2.05, 4.69) is 31.6 Å². The van der Waals surface area contributed by atoms with Crippen LogP contribution in [0.5, 0.6) is 0 Å². The average Bonchev–Trinajstić information content (AvgIpc) is 3.84. The summed E-state index contributed by atoms with van der Waals surface area (Å²) in [4.78, 5) is 122. The van der Waals surface area contributed by atoms with Crippen molar-refractivity contribution in [1.82, 2.24) is 36.4 Å². The number of hydrogen-bond acceptors (Lipinski definition) is 13. The van der Waals surface area contributed by atoms with E-state index in [0.29, 0.717) is 12.8 Å². The molecule has 2 saturated heterocycles. The van der Waals surface area contributed by atoms with Gasteiger partial charge >= 0.3 is 11.9 Å². The molecule has 15 N–H and O–H groups in total. The first-order valence-corrected chi connectivity index (χ1v) is 18.4. The highest BCUT2D eigenvalue weighted by molar-refractivity contribution is 5.98. The number of likely N-dealkylation sites (tertiary alicyclic amines) is 2. The number of aliphatic imine (C=N–C) groups is 1. The van der Waals surface area contributed by atoms with E-state index in [4.69, 9.17) is 22.3 Å². The summed E-state index contributed by atoms with van der Waals surface area (Å²) in [7, 11) is 0. The predicted octanol–water partition coefficient (Wildman–Crippen LogP) is -6.25. The van der Waals surface area contributed by atoms with E-state index in [-0.39, 0.29) is 51.3 Å². The number of nitrogens with zero attached hydrogens (tertiary/aromatic N) is 3. The molecule has 0 aliphatic carbocycles. The zero-order valence-electron chi connectivity index (χ0n) is 32.0. The number of carbonyl (C=O) groups excluding carboxylic acids is 7. The molecule has 24 nitrogen and oxygen atoms in total. The molecule has 7 amide bonds. The van der Waals surface area contributed by atoms with Gasteiger partial charge in [0.05, 0.1) is 19.1 Å². The van der Waals surface area contributed by atoms with Gasteiger partial charge in [-0.1, -0.05) is 0 Å². The van der Waals surface area contributed by atoms with Gasteiger partial charge in [-0.3, -0.25) is 48.1 Å². The van der Waals surface area contributed by atoms with E-state index in [0.717, 1.165) is 11.8 Å². The van der Waals surface area contributed by atoms with Crippen molar-refractivity contribution in [1.29, 1.82) is 0 Å². The number of aliphatic carboxylic acids is 2. The second-order valence-corrected chi connectivity index (χ2v) is 13.9. The van der Waals surface area contributed by atoms with Gasteiger partial charge in [-0.05, 0) is 59.3 Å². The Kier molecular flexibility index (Phi) is 18.5. The minimum absolute atomic E-state index is 0.0323. The number of guanidine groups is 1. The van der Waals surface area contributed by atoms with Crippen molar-refractivity contribution in [3.8, 4) is 0 Å². The molecule has 2 aliphatic rings. The van der Waals surface area contributed by atoms with E-state index in [1.54, 1.807) is 0 Å². The average molecular weight is 814 g/mol. The minimum atomic E-state index is -1.82. The van der Waals surface area contributed by atoms with Crippen molar-refractivity contribution >= 4 is 59.2 Å². The molecule has 0 aromatic carbocycles. The standard InChI is InChI=1S/C33H55N11O13/c1-15(38-25(49)18(34)14-45)30(54)43-11-5-9-22(43)28(52)41-20(13-23(47)48)26(50)42-24(17(3)46)29(53)40-19(7-4-10-37-33(35)36)31(55)44-12-6-8-21(44)27(51)39-16(2)32(56)57/h15-22,24,45-46H,4-14,34H2,1-3H3,(H,38,49)(H,39,51)(H,40,53)(H,41,52)(H,42,50)(H,47,48)(H,56,57)(H4,35,36,37)/t15-,16-,17+,18-,19-,20-,21-,22-,24-/m0/s1. The molecule has 2 rings (SSSR count). The van der Waals surface area contributed by atoms with E-state index in [1.807, 2.05) is 0 Å². The zero-order valence-corrected chi connectivity index (χ0v) is 32.0. The fourth-order valence-corrected chi connectivity index (χ4v) is 6.22. The van der Waals surface area contributed by atoms with Crippen LogP contribution in [-0.2, 0) is 43.2 Å². The fourth-order valence-electron chi connectivity index (χ4n) is 6.22. The van der Waals surface area contributed by atoms with E-state index >= 15 is 0 Å². The Morgan fingerprint density at radius 3 is 1.81 bits per heavy atom. The highest BCUT2D eigenvalue weighted by atomic mass is 16.4. The summed E-state index contributed by atoms with van der Waals surface area (Å²) in [6.45, 7) is 3.24. The van der Waals surface area contributed by atoms with Gasteiger partial charge in [-0.15, -0.1) is 0 Å². The molecule has 0 unspecified atom stereocenters. The normalized spacial score (nSPS) is 20.0. The van der Waals surface area contributed by atoms with Crippen LogP contribution < -0.4 is 43.8 Å². The summed E-state index contributed by atoms with van der Waals surface area (Å²) in [5.74, 6) is -9.24. The van der Waals surface area contributed by atoms with Crippen LogP contribution in [-0.4, -0.2) is 170 Å². The number of nitrogens with one attached hydrogen (secondary N) is 5. The zero-order chi connectivity index (χ0) is 43.1. The SMILES string of the molecule is C[C@H](NC(=O)[C@@H]1CCCN1C(=O)[C@H](CCCN=C(N)N)NC(=O)[C@@H](NC(=O)[C@H](CC(=O)O)NC(=O)[C@@H]1CCCN1C(=O)[C@H](C)NC(=O)[C@@H](N)CO)[C@@H](C)O)C(=O)O. The molecule has 0 bridgehead atoms. The van der Waals surface area contributed by atoms with Gasteiger partial charge in [0.2, 0.25) is 41.4 Å². The molecular weight excluding hydrogens is 758 g/mol. The number of rotatable bonds is 21. The van der Waals surface area contributed by atoms with Gasteiger partial charge in [0.1, 0.15) is 48.3 Å². The lowest BCUT2D eigenvalue weighted by Gasteiger charge is -2.31. The Hall–Kier alpha value is -5.62. The van der Waals surface area contributed by atoms with Crippen LogP contribution in [0, 0.1) is 0 Å². The number of carboxylic acids is 2. The second-order valence-electron chi connectivity index (χ2n) is 13.9. The first-order valence-electron chi connectivity index (χ1n) is 18.4. The molecule has 2 fully saturated rings. The van der Waals surface area contributed by atoms with E-state index in [1.165, 1.54) is 18.7 Å². The van der Waals surface area contributed by atoms with Gasteiger partial charge in [0, 0.05) is 19.6 Å². The topological polar surface area (TPSA) is 392 Å². The highest BCUT2D eigenvalue weighted by Gasteiger charge is 2.41. The van der Waals surface area contributed by atoms with E-state index in [9.17, 15) is 58.5 Å². The summed E-state index contributed by atoms with van der Waals surface area (Å²) in [6.07, 6.45) is -1.55. The first-order chi connectivity index (χ1) is 26.7. The molecule has 320 valence electrons. The molecule has 2 aliphatic heterocycles. The number of hydrogen-bond donors (Lipinski definition) is 12. The summed E-state index contributed by atoms with van der Waals surface area (Å²) in [6, 6.07) is -11.0. The third-order valence-electron chi connectivity index (χ3n) is 9.30. The van der Waals surface area contributed by atoms with Crippen LogP contribution in [0.1, 0.15) is 65.7 Å². The second kappa shape index (κ2) is 22.2. The van der Waals surface area contributed by atoms with Crippen LogP contribution in [0.2, 0.25) is 0 Å². The van der Waals surface area contributed by atoms with Gasteiger partial charge in [-0.25, -0.2) is 0 Å². The monoisotopic (exact) mass is 813 g/mol. The van der Waals surface area contributed by atoms with Gasteiger partial charge < -0.3 is 74.0 Å². The lowest BCUT2D eigenvalue weighted by Crippen LogP contribution is -2.61. The lowest BCUT2D eigenvalue weighted by molar-refractivity contribution is -0.145. The largest absolute Gasteiger partial charge is 0.481 e. The number of aliphatic hydroxyl groups excluding tert-OH is 2. The van der Waals surface area contributed by atoms with Crippen LogP contribution in [0.3, 0.4) is 0 Å². The Morgan fingerprint density at radius 2 is 1.30 bits per heavy atom. The van der Waals surface area contributed by atoms with Crippen LogP contribution >= 0.6 is 0 Å². The van der Waals surface area contributed by atoms with Gasteiger partial charge in [0.25, 0.3) is 0 Å². The highest BCUT2D eigenvalue weighted by Crippen LogP contribution is 2.21. The van der Waals surface area contributed by atoms with Crippen molar-refractivity contribution in [3.05, 3.63) is 0 Å². The summed E-state index contributed by atoms with van der Waals surface area (Å²) in [5, 5.41) is 50.1. The molecule has 57 heavy (non-hydrogen) atoms. The number of carboxylic acid groups (broad SMARTS) is 2. The number of carbonyl (C=O) groups is 9. The molecule has 24 heteroatoms. The Balaban J connectivity index is 2.26. The maximum Gasteiger partial charge on any atom is 0.325 e. The van der Waals surface area contributed by atoms with Crippen LogP contribution in [0.4, 0.5) is 0 Å². The third kappa shape index (κ3) is 14.1. The molecule has 9 atom stereocenters. The predicted molar refractivity (Wildman–Crippen MR) is 197 cm³/mol. The van der Waals surface area contributed by atoms with Gasteiger partial charge in [0.15, 0.2) is 5.96 Å². The van der Waals surface area contributed by atoms with Crippen molar-refractivity contribution < 1.29 is 63.6 Å². The Labute approximate surface area is 327 Å². The lowest BCUT2D eigenvalue weighted by atomic mass is 10.1. The molecule has 0 saturated carbocycles. The van der Waals surface area contributed by atoms with E-state index < -0.39 is 121 Å². The molecule has 0 radical (unpaired) electrons. The van der Waals surface area contributed by atoms with Crippen molar-refractivity contribution in [2.75, 3.05) is 26.2 Å². The Bertz CT molecular complexity index is 1540. The van der Waals surface area contributed by atoms with Crippen molar-refractivity contribution in [2.45, 2.75) is 120 Å². The van der Waals surface area contributed by atoms with Crippen LogP contribution in [0.25, 0.3) is 0 Å². The molecule has 0 spiro atoms. The first kappa shape index (κ1) is 47.5. The molecular formula is C33H55N11O13. The maximum absolute atomic E-state index is 13.9. The number of aliphatic hydroxyl groups is 2. The Morgan fingerprint density at radius 1 is 0.737 bits per heavy atom. The molecule has 2 heterocycles. The van der Waals surface area contributed by atoms with Crippen molar-refractivity contribution in [2.24, 2.45) is 22.2 Å². The third-order valence-corrected chi connectivity index (χ3v) is 9.30. The number of amides is 7. The number of nitrogens with two attached hydrogens (primary N) is 3. The van der Waals surface area contributed by atoms with Gasteiger partial charge in [-0.2, -0.15) is 0 Å². The maximum atomic E-state index is 13.9. The van der Waals surface area contributed by atoms with Crippen molar-refractivity contribution in [3.63, 3.8) is 0 Å². The quantitative estimate of drug-likeness (QED) is 0.0291. The molecule has 0 aromatic heterocycles. The minimum Gasteiger partial charge on any atom is -0.481 e. The fraction of sp³-hybridized carbons (Fsp3) is 0.697. The van der Waals surface area contributed by atoms with Crippen LogP contribution in [0.15, 0.2) is 4.99 Å². The molecule has 0 aromatic rings. The smallest absolute Gasteiger partial charge is 0.325 e. The summed E-state index contributed by atoms with van der Waals surface area (Å²) >= 11 is 0. The summed E-state index contributed by atoms with van der Waals surface area (Å²) in [5.41, 5.74) is 16.3. The summed E-state index contributed by atoms with van der Waals surface area (Å²) < 4.78 is 0.